The van der Waals surface area contributed by atoms with Gasteiger partial charge < -0.3 is 4.74 Å². The highest BCUT2D eigenvalue weighted by Gasteiger charge is 2.24. The standard InChI is InChI=1S/C8H18N2O2/c1-5-6-12-7(11)10(9)8(2,3)4/h5-6,9H2,1-4H3. The molecular weight excluding hydrogens is 156 g/mol. The summed E-state index contributed by atoms with van der Waals surface area (Å²) in [6, 6.07) is 0. The Morgan fingerprint density at radius 3 is 2.33 bits per heavy atom. The second-order valence-electron chi connectivity index (χ2n) is 3.66. The summed E-state index contributed by atoms with van der Waals surface area (Å²) in [4.78, 5) is 11.1. The van der Waals surface area contributed by atoms with Crippen molar-refractivity contribution in [3.63, 3.8) is 0 Å². The zero-order chi connectivity index (χ0) is 9.78. The van der Waals surface area contributed by atoms with Gasteiger partial charge in [-0.1, -0.05) is 6.92 Å². The number of hydrogen-bond donors (Lipinski definition) is 1. The average molecular weight is 174 g/mol. The average Bonchev–Trinajstić information content (AvgIpc) is 1.97. The molecule has 0 aromatic carbocycles. The first-order chi connectivity index (χ1) is 5.39. The quantitative estimate of drug-likeness (QED) is 0.392. The predicted molar refractivity (Wildman–Crippen MR) is 47.4 cm³/mol. The minimum absolute atomic E-state index is 0.384. The molecule has 0 aliphatic heterocycles. The minimum atomic E-state index is -0.468. The monoisotopic (exact) mass is 174 g/mol. The molecule has 0 aliphatic rings. The molecule has 0 rings (SSSR count). The highest BCUT2D eigenvalue weighted by molar-refractivity contribution is 5.67. The van der Waals surface area contributed by atoms with Gasteiger partial charge >= 0.3 is 6.09 Å². The van der Waals surface area contributed by atoms with E-state index in [1.54, 1.807) is 0 Å². The van der Waals surface area contributed by atoms with Gasteiger partial charge in [-0.05, 0) is 27.2 Å². The van der Waals surface area contributed by atoms with E-state index in [0.717, 1.165) is 11.4 Å². The highest BCUT2D eigenvalue weighted by atomic mass is 16.6. The van der Waals surface area contributed by atoms with E-state index in [4.69, 9.17) is 10.6 Å². The van der Waals surface area contributed by atoms with Crippen molar-refractivity contribution in [1.82, 2.24) is 5.01 Å². The van der Waals surface area contributed by atoms with E-state index in [1.807, 2.05) is 27.7 Å². The van der Waals surface area contributed by atoms with E-state index in [1.165, 1.54) is 0 Å². The summed E-state index contributed by atoms with van der Waals surface area (Å²) in [5, 5.41) is 1.10. The number of hydrazine groups is 1. The molecule has 0 saturated heterocycles. The van der Waals surface area contributed by atoms with Gasteiger partial charge in [0.05, 0.1) is 12.1 Å². The van der Waals surface area contributed by atoms with E-state index in [9.17, 15) is 4.79 Å². The van der Waals surface area contributed by atoms with Gasteiger partial charge in [0.15, 0.2) is 0 Å². The number of amides is 1. The summed E-state index contributed by atoms with van der Waals surface area (Å²) in [5.41, 5.74) is -0.384. The summed E-state index contributed by atoms with van der Waals surface area (Å²) in [5.74, 6) is 5.49. The summed E-state index contributed by atoms with van der Waals surface area (Å²) >= 11 is 0. The van der Waals surface area contributed by atoms with Crippen LogP contribution in [-0.2, 0) is 4.74 Å². The van der Waals surface area contributed by atoms with Gasteiger partial charge in [0.1, 0.15) is 0 Å². The Balaban J connectivity index is 3.94. The molecule has 0 heterocycles. The van der Waals surface area contributed by atoms with Crippen LogP contribution in [0, 0.1) is 0 Å². The molecule has 4 heteroatoms. The van der Waals surface area contributed by atoms with Crippen LogP contribution in [0.5, 0.6) is 0 Å². The molecule has 0 bridgehead atoms. The topological polar surface area (TPSA) is 55.6 Å². The van der Waals surface area contributed by atoms with Crippen LogP contribution in [0.1, 0.15) is 34.1 Å². The normalized spacial score (nSPS) is 11.1. The van der Waals surface area contributed by atoms with Gasteiger partial charge in [-0.15, -0.1) is 0 Å². The Hall–Kier alpha value is -0.770. The summed E-state index contributed by atoms with van der Waals surface area (Å²) in [6.07, 6.45) is 0.341. The molecule has 0 aromatic rings. The lowest BCUT2D eigenvalue weighted by Gasteiger charge is -2.29. The molecule has 72 valence electrons. The second kappa shape index (κ2) is 4.30. The molecule has 0 radical (unpaired) electrons. The summed E-state index contributed by atoms with van der Waals surface area (Å²) in [7, 11) is 0. The SMILES string of the molecule is CCCOC(=O)N(N)C(C)(C)C. The zero-order valence-corrected chi connectivity index (χ0v) is 8.26. The van der Waals surface area contributed by atoms with Gasteiger partial charge in [-0.25, -0.2) is 15.6 Å². The first kappa shape index (κ1) is 11.2. The lowest BCUT2D eigenvalue weighted by molar-refractivity contribution is 0.0678. The van der Waals surface area contributed by atoms with Crippen LogP contribution in [-0.4, -0.2) is 23.2 Å². The van der Waals surface area contributed by atoms with E-state index in [2.05, 4.69) is 0 Å². The number of nitrogens with two attached hydrogens (primary N) is 1. The number of ether oxygens (including phenoxy) is 1. The first-order valence-corrected chi connectivity index (χ1v) is 4.11. The maximum absolute atomic E-state index is 11.1. The lowest BCUT2D eigenvalue weighted by atomic mass is 10.1. The molecule has 4 nitrogen and oxygen atoms in total. The third kappa shape index (κ3) is 3.57. The van der Waals surface area contributed by atoms with E-state index in [-0.39, 0.29) is 5.54 Å². The molecule has 0 spiro atoms. The Morgan fingerprint density at radius 2 is 2.00 bits per heavy atom. The van der Waals surface area contributed by atoms with Crippen LogP contribution in [0.3, 0.4) is 0 Å². The molecule has 12 heavy (non-hydrogen) atoms. The molecular formula is C8H18N2O2. The van der Waals surface area contributed by atoms with Crippen molar-refractivity contribution < 1.29 is 9.53 Å². The number of nitrogens with zero attached hydrogens (tertiary/aromatic N) is 1. The van der Waals surface area contributed by atoms with Crippen LogP contribution in [0.15, 0.2) is 0 Å². The maximum Gasteiger partial charge on any atom is 0.424 e. The van der Waals surface area contributed by atoms with E-state index >= 15 is 0 Å². The summed E-state index contributed by atoms with van der Waals surface area (Å²) < 4.78 is 4.84. The number of rotatable bonds is 2. The first-order valence-electron chi connectivity index (χ1n) is 4.11. The van der Waals surface area contributed by atoms with Crippen LogP contribution in [0.2, 0.25) is 0 Å². The van der Waals surface area contributed by atoms with Gasteiger partial charge in [0, 0.05) is 0 Å². The van der Waals surface area contributed by atoms with Gasteiger partial charge in [-0.3, -0.25) is 0 Å². The summed E-state index contributed by atoms with van der Waals surface area (Å²) in [6.45, 7) is 7.90. The van der Waals surface area contributed by atoms with Gasteiger partial charge in [-0.2, -0.15) is 0 Å². The molecule has 0 saturated carbocycles. The molecule has 0 aliphatic carbocycles. The molecule has 0 fully saturated rings. The fourth-order valence-corrected chi connectivity index (χ4v) is 0.533. The Bertz CT molecular complexity index is 152. The largest absolute Gasteiger partial charge is 0.448 e. The van der Waals surface area contributed by atoms with Crippen molar-refractivity contribution >= 4 is 6.09 Å². The Labute approximate surface area is 73.6 Å². The second-order valence-corrected chi connectivity index (χ2v) is 3.66. The van der Waals surface area contributed by atoms with Crippen molar-refractivity contribution in [1.29, 1.82) is 0 Å². The predicted octanol–water partition coefficient (Wildman–Crippen LogP) is 1.51. The molecule has 0 atom stereocenters. The lowest BCUT2D eigenvalue weighted by Crippen LogP contribution is -2.50. The van der Waals surface area contributed by atoms with Crippen LogP contribution in [0.4, 0.5) is 4.79 Å². The van der Waals surface area contributed by atoms with Crippen LogP contribution >= 0.6 is 0 Å². The maximum atomic E-state index is 11.1. The smallest absolute Gasteiger partial charge is 0.424 e. The van der Waals surface area contributed by atoms with Crippen molar-refractivity contribution in [3.8, 4) is 0 Å². The van der Waals surface area contributed by atoms with E-state index < -0.39 is 6.09 Å². The van der Waals surface area contributed by atoms with Crippen molar-refractivity contribution in [2.45, 2.75) is 39.7 Å². The van der Waals surface area contributed by atoms with Crippen molar-refractivity contribution in [2.75, 3.05) is 6.61 Å². The molecule has 0 unspecified atom stereocenters. The third-order valence-electron chi connectivity index (χ3n) is 1.35. The molecule has 2 N–H and O–H groups in total. The fourth-order valence-electron chi connectivity index (χ4n) is 0.533. The Morgan fingerprint density at radius 1 is 1.50 bits per heavy atom. The minimum Gasteiger partial charge on any atom is -0.448 e. The van der Waals surface area contributed by atoms with Gasteiger partial charge in [0.2, 0.25) is 0 Å². The van der Waals surface area contributed by atoms with Gasteiger partial charge in [0.25, 0.3) is 0 Å². The van der Waals surface area contributed by atoms with Crippen molar-refractivity contribution in [3.05, 3.63) is 0 Å². The number of carbonyl (C=O) groups excluding carboxylic acids is 1. The highest BCUT2D eigenvalue weighted by Crippen LogP contribution is 2.09. The van der Waals surface area contributed by atoms with E-state index in [0.29, 0.717) is 6.61 Å². The molecule has 1 amide bonds. The van der Waals surface area contributed by atoms with Crippen LogP contribution in [0.25, 0.3) is 0 Å². The number of hydrogen-bond acceptors (Lipinski definition) is 3. The third-order valence-corrected chi connectivity index (χ3v) is 1.35. The zero-order valence-electron chi connectivity index (χ0n) is 8.26. The fraction of sp³-hybridized carbons (Fsp3) is 0.875. The molecule has 0 aromatic heterocycles. The van der Waals surface area contributed by atoms with Crippen LogP contribution < -0.4 is 5.84 Å². The number of carbonyl (C=O) groups is 1. The van der Waals surface area contributed by atoms with Crippen molar-refractivity contribution in [2.24, 2.45) is 5.84 Å². The Kier molecular flexibility index (Phi) is 4.03.